The monoisotopic (exact) mass is 314 g/mol. The van der Waals surface area contributed by atoms with Gasteiger partial charge >= 0.3 is 0 Å². The average Bonchev–Trinajstić information content (AvgIpc) is 3.38. The second-order valence-electron chi connectivity index (χ2n) is 6.88. The van der Waals surface area contributed by atoms with E-state index in [2.05, 4.69) is 10.6 Å². The Hall–Kier alpha value is -1.84. The minimum absolute atomic E-state index is 0.0160. The van der Waals surface area contributed by atoms with Crippen LogP contribution in [0.15, 0.2) is 24.3 Å². The molecule has 2 aliphatic rings. The Balaban J connectivity index is 1.53. The molecular formula is C19H26N2O2. The molecule has 4 heteroatoms. The molecule has 0 spiro atoms. The number of amides is 2. The van der Waals surface area contributed by atoms with Gasteiger partial charge in [0.1, 0.15) is 0 Å². The van der Waals surface area contributed by atoms with Crippen molar-refractivity contribution in [1.82, 2.24) is 5.32 Å². The first-order chi connectivity index (χ1) is 11.2. The van der Waals surface area contributed by atoms with Crippen LogP contribution < -0.4 is 10.6 Å². The molecule has 0 heterocycles. The van der Waals surface area contributed by atoms with Crippen LogP contribution >= 0.6 is 0 Å². The number of anilines is 1. The van der Waals surface area contributed by atoms with E-state index in [1.165, 1.54) is 32.1 Å². The molecule has 23 heavy (non-hydrogen) atoms. The molecule has 0 aromatic heterocycles. The summed E-state index contributed by atoms with van der Waals surface area (Å²) in [4.78, 5) is 24.5. The summed E-state index contributed by atoms with van der Waals surface area (Å²) < 4.78 is 0. The van der Waals surface area contributed by atoms with Crippen molar-refractivity contribution in [3.63, 3.8) is 0 Å². The molecule has 2 N–H and O–H groups in total. The molecule has 2 fully saturated rings. The van der Waals surface area contributed by atoms with Crippen LogP contribution in [0.2, 0.25) is 0 Å². The van der Waals surface area contributed by atoms with Crippen LogP contribution in [-0.2, 0) is 4.79 Å². The predicted octanol–water partition coefficient (Wildman–Crippen LogP) is 3.88. The minimum atomic E-state index is -0.0873. The van der Waals surface area contributed by atoms with Crippen LogP contribution in [0.3, 0.4) is 0 Å². The molecule has 3 rings (SSSR count). The first-order valence-corrected chi connectivity index (χ1v) is 8.92. The lowest BCUT2D eigenvalue weighted by Gasteiger charge is -2.21. The number of para-hydroxylation sites is 1. The second-order valence-corrected chi connectivity index (χ2v) is 6.88. The van der Waals surface area contributed by atoms with Gasteiger partial charge in [0, 0.05) is 12.5 Å². The van der Waals surface area contributed by atoms with E-state index in [0.717, 1.165) is 19.3 Å². The van der Waals surface area contributed by atoms with Crippen LogP contribution in [0.4, 0.5) is 5.69 Å². The first kappa shape index (κ1) is 16.0. The van der Waals surface area contributed by atoms with Crippen molar-refractivity contribution in [1.29, 1.82) is 0 Å². The quantitative estimate of drug-likeness (QED) is 0.837. The maximum Gasteiger partial charge on any atom is 0.253 e. The van der Waals surface area contributed by atoms with E-state index >= 15 is 0 Å². The zero-order valence-electron chi connectivity index (χ0n) is 13.6. The van der Waals surface area contributed by atoms with Gasteiger partial charge in [0.25, 0.3) is 5.91 Å². The topological polar surface area (TPSA) is 58.2 Å². The first-order valence-electron chi connectivity index (χ1n) is 8.92. The highest BCUT2D eigenvalue weighted by Crippen LogP contribution is 2.27. The molecule has 1 aromatic rings. The molecular weight excluding hydrogens is 288 g/mol. The van der Waals surface area contributed by atoms with E-state index in [1.54, 1.807) is 12.1 Å². The van der Waals surface area contributed by atoms with Crippen LogP contribution in [0.1, 0.15) is 68.1 Å². The summed E-state index contributed by atoms with van der Waals surface area (Å²) >= 11 is 0. The zero-order valence-corrected chi connectivity index (χ0v) is 13.6. The number of hydrogen-bond donors (Lipinski definition) is 2. The largest absolute Gasteiger partial charge is 0.349 e. The van der Waals surface area contributed by atoms with Gasteiger partial charge in [-0.1, -0.05) is 44.2 Å². The number of hydrogen-bond acceptors (Lipinski definition) is 2. The van der Waals surface area contributed by atoms with Gasteiger partial charge in [-0.05, 0) is 37.3 Å². The summed E-state index contributed by atoms with van der Waals surface area (Å²) in [5.41, 5.74) is 1.18. The lowest BCUT2D eigenvalue weighted by atomic mass is 9.86. The van der Waals surface area contributed by atoms with Gasteiger partial charge in [-0.25, -0.2) is 0 Å². The van der Waals surface area contributed by atoms with E-state index < -0.39 is 0 Å². The molecule has 2 amide bonds. The summed E-state index contributed by atoms with van der Waals surface area (Å²) in [5, 5.41) is 5.90. The second kappa shape index (κ2) is 7.62. The molecule has 0 bridgehead atoms. The minimum Gasteiger partial charge on any atom is -0.349 e. The third-order valence-electron chi connectivity index (χ3n) is 4.86. The van der Waals surface area contributed by atoms with Gasteiger partial charge in [0.05, 0.1) is 11.3 Å². The van der Waals surface area contributed by atoms with Gasteiger partial charge in [-0.2, -0.15) is 0 Å². The maximum atomic E-state index is 12.2. The normalized spacial score (nSPS) is 18.4. The fraction of sp³-hybridized carbons (Fsp3) is 0.579. The van der Waals surface area contributed by atoms with Crippen LogP contribution in [0.5, 0.6) is 0 Å². The Labute approximate surface area is 138 Å². The maximum absolute atomic E-state index is 12.2. The molecule has 2 saturated carbocycles. The summed E-state index contributed by atoms with van der Waals surface area (Å²) in [6, 6.07) is 7.58. The summed E-state index contributed by atoms with van der Waals surface area (Å²) in [6.07, 6.45) is 10.1. The Kier molecular flexibility index (Phi) is 5.31. The van der Waals surface area contributed by atoms with Gasteiger partial charge in [0.2, 0.25) is 5.91 Å². The highest BCUT2D eigenvalue weighted by atomic mass is 16.2. The molecule has 0 radical (unpaired) electrons. The third-order valence-corrected chi connectivity index (χ3v) is 4.86. The average molecular weight is 314 g/mol. The van der Waals surface area contributed by atoms with Crippen molar-refractivity contribution in [2.75, 3.05) is 5.32 Å². The van der Waals surface area contributed by atoms with E-state index in [9.17, 15) is 9.59 Å². The zero-order chi connectivity index (χ0) is 16.1. The molecule has 124 valence electrons. The van der Waals surface area contributed by atoms with Crippen molar-refractivity contribution in [3.05, 3.63) is 29.8 Å². The summed E-state index contributed by atoms with van der Waals surface area (Å²) in [7, 11) is 0. The number of nitrogens with one attached hydrogen (secondary N) is 2. The van der Waals surface area contributed by atoms with Gasteiger partial charge in [-0.15, -0.1) is 0 Å². The van der Waals surface area contributed by atoms with E-state index in [4.69, 9.17) is 0 Å². The van der Waals surface area contributed by atoms with Crippen molar-refractivity contribution >= 4 is 17.5 Å². The van der Waals surface area contributed by atoms with Gasteiger partial charge in [-0.3, -0.25) is 9.59 Å². The van der Waals surface area contributed by atoms with E-state index in [0.29, 0.717) is 29.6 Å². The highest BCUT2D eigenvalue weighted by Gasteiger charge is 2.25. The SMILES string of the molecule is O=C(CCC1CCCCC1)Nc1ccccc1C(=O)NC1CC1. The van der Waals surface area contributed by atoms with Crippen molar-refractivity contribution in [2.45, 2.75) is 63.8 Å². The molecule has 0 saturated heterocycles. The number of carbonyl (C=O) groups excluding carboxylic acids is 2. The van der Waals surface area contributed by atoms with Gasteiger partial charge in [0.15, 0.2) is 0 Å². The smallest absolute Gasteiger partial charge is 0.253 e. The summed E-state index contributed by atoms with van der Waals surface area (Å²) in [6.45, 7) is 0. The Morgan fingerprint density at radius 1 is 1.00 bits per heavy atom. The molecule has 0 atom stereocenters. The molecule has 4 nitrogen and oxygen atoms in total. The van der Waals surface area contributed by atoms with Crippen LogP contribution in [-0.4, -0.2) is 17.9 Å². The third kappa shape index (κ3) is 4.81. The number of benzene rings is 1. The lowest BCUT2D eigenvalue weighted by molar-refractivity contribution is -0.116. The van der Waals surface area contributed by atoms with E-state index in [-0.39, 0.29) is 11.8 Å². The van der Waals surface area contributed by atoms with E-state index in [1.807, 2.05) is 12.1 Å². The van der Waals surface area contributed by atoms with Crippen molar-refractivity contribution in [2.24, 2.45) is 5.92 Å². The Bertz CT molecular complexity index is 560. The van der Waals surface area contributed by atoms with Crippen LogP contribution in [0, 0.1) is 5.92 Å². The fourth-order valence-corrected chi connectivity index (χ4v) is 3.30. The molecule has 2 aliphatic carbocycles. The van der Waals surface area contributed by atoms with Crippen molar-refractivity contribution < 1.29 is 9.59 Å². The number of rotatable bonds is 6. The van der Waals surface area contributed by atoms with Crippen molar-refractivity contribution in [3.8, 4) is 0 Å². The lowest BCUT2D eigenvalue weighted by Crippen LogP contribution is -2.27. The standard InChI is InChI=1S/C19H26N2O2/c22-18(13-10-14-6-2-1-3-7-14)21-17-9-5-4-8-16(17)19(23)20-15-11-12-15/h4-5,8-9,14-15H,1-3,6-7,10-13H2,(H,20,23)(H,21,22). The predicted molar refractivity (Wildman–Crippen MR) is 91.4 cm³/mol. The Morgan fingerprint density at radius 2 is 1.74 bits per heavy atom. The summed E-state index contributed by atoms with van der Waals surface area (Å²) in [5.74, 6) is 0.626. The number of carbonyl (C=O) groups is 2. The van der Waals surface area contributed by atoms with Gasteiger partial charge < -0.3 is 10.6 Å². The molecule has 0 unspecified atom stereocenters. The van der Waals surface area contributed by atoms with Crippen LogP contribution in [0.25, 0.3) is 0 Å². The molecule has 1 aromatic carbocycles. The molecule has 0 aliphatic heterocycles. The highest BCUT2D eigenvalue weighted by molar-refractivity contribution is 6.03. The fourth-order valence-electron chi connectivity index (χ4n) is 3.30. The Morgan fingerprint density at radius 3 is 2.48 bits per heavy atom.